The highest BCUT2D eigenvalue weighted by Gasteiger charge is 2.18. The van der Waals surface area contributed by atoms with Crippen LogP contribution in [0.2, 0.25) is 0 Å². The molecule has 2 aromatic rings. The summed E-state index contributed by atoms with van der Waals surface area (Å²) in [5.74, 6) is -0.107. The first-order valence-corrected chi connectivity index (χ1v) is 8.13. The van der Waals surface area contributed by atoms with Crippen LogP contribution < -0.4 is 5.32 Å². The zero-order chi connectivity index (χ0) is 18.1. The van der Waals surface area contributed by atoms with Crippen molar-refractivity contribution in [3.05, 3.63) is 71.3 Å². The Morgan fingerprint density at radius 1 is 0.920 bits per heavy atom. The van der Waals surface area contributed by atoms with Crippen molar-refractivity contribution in [2.75, 3.05) is 7.11 Å². The van der Waals surface area contributed by atoms with Crippen LogP contribution in [0.4, 0.5) is 4.79 Å². The third kappa shape index (κ3) is 6.39. The van der Waals surface area contributed by atoms with Crippen LogP contribution in [0.15, 0.2) is 54.6 Å². The molecule has 1 unspecified atom stereocenters. The van der Waals surface area contributed by atoms with Crippen molar-refractivity contribution >= 4 is 11.9 Å². The Labute approximate surface area is 148 Å². The average Bonchev–Trinajstić information content (AvgIpc) is 2.61. The lowest BCUT2D eigenvalue weighted by Gasteiger charge is -2.16. The summed E-state index contributed by atoms with van der Waals surface area (Å²) < 4.78 is 10.3. The van der Waals surface area contributed by atoms with Crippen molar-refractivity contribution in [2.24, 2.45) is 0 Å². The second kappa shape index (κ2) is 9.59. The summed E-state index contributed by atoms with van der Waals surface area (Å²) in [7, 11) is 1.64. The van der Waals surface area contributed by atoms with Gasteiger partial charge in [-0.05, 0) is 30.0 Å². The summed E-state index contributed by atoms with van der Waals surface area (Å²) in [4.78, 5) is 23.8. The first-order chi connectivity index (χ1) is 12.1. The molecule has 0 saturated carbocycles. The van der Waals surface area contributed by atoms with Gasteiger partial charge in [0.05, 0.1) is 12.6 Å². The molecule has 0 radical (unpaired) electrons. The molecule has 1 amide bonds. The van der Waals surface area contributed by atoms with Gasteiger partial charge in [-0.1, -0.05) is 54.6 Å². The van der Waals surface area contributed by atoms with Crippen molar-refractivity contribution in [1.29, 1.82) is 0 Å². The van der Waals surface area contributed by atoms with Crippen LogP contribution in [0.25, 0.3) is 0 Å². The maximum absolute atomic E-state index is 12.0. The fraction of sp³-hybridized carbons (Fsp3) is 0.300. The summed E-state index contributed by atoms with van der Waals surface area (Å²) in [5.41, 5.74) is 2.91. The van der Waals surface area contributed by atoms with Crippen molar-refractivity contribution in [3.63, 3.8) is 0 Å². The molecule has 0 bridgehead atoms. The molecule has 0 aliphatic heterocycles. The molecule has 5 nitrogen and oxygen atoms in total. The lowest BCUT2D eigenvalue weighted by molar-refractivity contribution is -0.118. The number of ether oxygens (including phenoxy) is 2. The van der Waals surface area contributed by atoms with E-state index >= 15 is 0 Å². The van der Waals surface area contributed by atoms with E-state index < -0.39 is 12.1 Å². The Morgan fingerprint density at radius 3 is 2.08 bits per heavy atom. The molecule has 0 aliphatic carbocycles. The molecule has 0 aliphatic rings. The minimum Gasteiger partial charge on any atom is -0.445 e. The standard InChI is InChI=1S/C20H23NO4/c1-15(22)19(12-16-6-4-3-5-7-16)21-20(23)25-14-18-10-8-17(9-11-18)13-24-2/h3-11,19H,12-14H2,1-2H3,(H,21,23). The molecular formula is C20H23NO4. The van der Waals surface area contributed by atoms with Crippen LogP contribution in [0.1, 0.15) is 23.6 Å². The molecule has 0 aromatic heterocycles. The molecule has 132 valence electrons. The minimum absolute atomic E-state index is 0.107. The summed E-state index contributed by atoms with van der Waals surface area (Å²) in [6.45, 7) is 2.15. The third-order valence-corrected chi connectivity index (χ3v) is 3.77. The van der Waals surface area contributed by atoms with E-state index in [1.54, 1.807) is 7.11 Å². The number of carbonyl (C=O) groups excluding carboxylic acids is 2. The Hall–Kier alpha value is -2.66. The van der Waals surface area contributed by atoms with Gasteiger partial charge in [0.1, 0.15) is 6.61 Å². The fourth-order valence-electron chi connectivity index (χ4n) is 2.38. The van der Waals surface area contributed by atoms with Gasteiger partial charge in [0.15, 0.2) is 5.78 Å². The second-order valence-electron chi connectivity index (χ2n) is 5.82. The van der Waals surface area contributed by atoms with Crippen LogP contribution >= 0.6 is 0 Å². The van der Waals surface area contributed by atoms with E-state index in [1.807, 2.05) is 54.6 Å². The molecule has 2 rings (SSSR count). The van der Waals surface area contributed by atoms with E-state index in [2.05, 4.69) is 5.32 Å². The minimum atomic E-state index is -0.600. The van der Waals surface area contributed by atoms with Gasteiger partial charge in [0.25, 0.3) is 0 Å². The van der Waals surface area contributed by atoms with Gasteiger partial charge in [-0.2, -0.15) is 0 Å². The molecule has 1 N–H and O–H groups in total. The molecule has 5 heteroatoms. The number of methoxy groups -OCH3 is 1. The number of alkyl carbamates (subject to hydrolysis) is 1. The van der Waals surface area contributed by atoms with Crippen molar-refractivity contribution in [2.45, 2.75) is 32.6 Å². The molecular weight excluding hydrogens is 318 g/mol. The molecule has 0 heterocycles. The van der Waals surface area contributed by atoms with Crippen molar-refractivity contribution < 1.29 is 19.1 Å². The Morgan fingerprint density at radius 2 is 1.52 bits per heavy atom. The van der Waals surface area contributed by atoms with Crippen molar-refractivity contribution in [3.8, 4) is 0 Å². The maximum atomic E-state index is 12.0. The van der Waals surface area contributed by atoms with Crippen LogP contribution in [0.5, 0.6) is 0 Å². The monoisotopic (exact) mass is 341 g/mol. The van der Waals surface area contributed by atoms with Crippen molar-refractivity contribution in [1.82, 2.24) is 5.32 Å². The van der Waals surface area contributed by atoms with Gasteiger partial charge in [-0.15, -0.1) is 0 Å². The largest absolute Gasteiger partial charge is 0.445 e. The SMILES string of the molecule is COCc1ccc(COC(=O)NC(Cc2ccccc2)C(C)=O)cc1. The van der Waals surface area contributed by atoms with E-state index in [0.29, 0.717) is 13.0 Å². The smallest absolute Gasteiger partial charge is 0.408 e. The number of nitrogens with one attached hydrogen (secondary N) is 1. The maximum Gasteiger partial charge on any atom is 0.408 e. The predicted molar refractivity (Wildman–Crippen MR) is 95.1 cm³/mol. The summed E-state index contributed by atoms with van der Waals surface area (Å²) >= 11 is 0. The number of rotatable bonds is 8. The van der Waals surface area contributed by atoms with Gasteiger partial charge in [-0.25, -0.2) is 4.79 Å². The third-order valence-electron chi connectivity index (χ3n) is 3.77. The molecule has 1 atom stereocenters. The van der Waals surface area contributed by atoms with Crippen LogP contribution in [0, 0.1) is 0 Å². The average molecular weight is 341 g/mol. The van der Waals surface area contributed by atoms with Gasteiger partial charge < -0.3 is 14.8 Å². The van der Waals surface area contributed by atoms with Gasteiger partial charge in [0, 0.05) is 7.11 Å². The Bertz CT molecular complexity index is 683. The van der Waals surface area contributed by atoms with E-state index in [1.165, 1.54) is 6.92 Å². The van der Waals surface area contributed by atoms with Gasteiger partial charge in [-0.3, -0.25) is 4.79 Å². The van der Waals surface area contributed by atoms with Crippen LogP contribution in [0.3, 0.4) is 0 Å². The quantitative estimate of drug-likeness (QED) is 0.800. The van der Waals surface area contributed by atoms with E-state index in [4.69, 9.17) is 9.47 Å². The lowest BCUT2D eigenvalue weighted by atomic mass is 10.0. The molecule has 2 aromatic carbocycles. The van der Waals surface area contributed by atoms with Gasteiger partial charge >= 0.3 is 6.09 Å². The Balaban J connectivity index is 1.85. The zero-order valence-corrected chi connectivity index (χ0v) is 14.5. The number of carbonyl (C=O) groups is 2. The normalized spacial score (nSPS) is 11.6. The summed E-state index contributed by atoms with van der Waals surface area (Å²) in [5, 5.41) is 2.64. The lowest BCUT2D eigenvalue weighted by Crippen LogP contribution is -2.41. The van der Waals surface area contributed by atoms with Crippen LogP contribution in [-0.2, 0) is 33.9 Å². The van der Waals surface area contributed by atoms with E-state index in [0.717, 1.165) is 16.7 Å². The molecule has 25 heavy (non-hydrogen) atoms. The second-order valence-corrected chi connectivity index (χ2v) is 5.82. The number of benzene rings is 2. The van der Waals surface area contributed by atoms with E-state index in [9.17, 15) is 9.59 Å². The zero-order valence-electron chi connectivity index (χ0n) is 14.5. The highest BCUT2D eigenvalue weighted by Crippen LogP contribution is 2.08. The molecule has 0 spiro atoms. The van der Waals surface area contributed by atoms with Gasteiger partial charge in [0.2, 0.25) is 0 Å². The predicted octanol–water partition coefficient (Wildman–Crippen LogP) is 3.26. The first-order valence-electron chi connectivity index (χ1n) is 8.13. The number of ketones is 1. The van der Waals surface area contributed by atoms with Crippen LogP contribution in [-0.4, -0.2) is 25.0 Å². The van der Waals surface area contributed by atoms with E-state index in [-0.39, 0.29) is 12.4 Å². The number of amides is 1. The summed E-state index contributed by atoms with van der Waals surface area (Å²) in [6.07, 6.45) is -0.158. The number of Topliss-reactive ketones (excluding diaryl/α,β-unsaturated/α-hetero) is 1. The highest BCUT2D eigenvalue weighted by molar-refractivity contribution is 5.85. The number of hydrogen-bond donors (Lipinski definition) is 1. The fourth-order valence-corrected chi connectivity index (χ4v) is 2.38. The first kappa shape index (κ1) is 18.7. The number of hydrogen-bond acceptors (Lipinski definition) is 4. The molecule has 0 fully saturated rings. The summed E-state index contributed by atoms with van der Waals surface area (Å²) in [6, 6.07) is 16.6. The Kier molecular flexibility index (Phi) is 7.16. The topological polar surface area (TPSA) is 64.6 Å². The molecule has 0 saturated heterocycles. The highest BCUT2D eigenvalue weighted by atomic mass is 16.5.